The molecule has 16 heavy (non-hydrogen) atoms. The minimum Gasteiger partial charge on any atom is -0.286 e. The lowest BCUT2D eigenvalue weighted by Gasteiger charge is -2.06. The van der Waals surface area contributed by atoms with Crippen LogP contribution in [0.5, 0.6) is 0 Å². The van der Waals surface area contributed by atoms with E-state index in [1.807, 2.05) is 0 Å². The van der Waals surface area contributed by atoms with Crippen molar-refractivity contribution in [2.75, 3.05) is 16.2 Å². The lowest BCUT2D eigenvalue weighted by Crippen LogP contribution is -2.22. The van der Waals surface area contributed by atoms with Crippen molar-refractivity contribution >= 4 is 25.8 Å². The maximum Gasteiger partial charge on any atom is 0.265 e. The summed E-state index contributed by atoms with van der Waals surface area (Å²) in [5, 5.41) is 0. The highest BCUT2D eigenvalue weighted by Gasteiger charge is 2.15. The number of rotatable bonds is 5. The van der Waals surface area contributed by atoms with Crippen LogP contribution < -0.4 is 4.72 Å². The summed E-state index contributed by atoms with van der Waals surface area (Å²) in [6, 6.07) is 8.06. The van der Waals surface area contributed by atoms with Crippen molar-refractivity contribution in [2.45, 2.75) is 0 Å². The number of nitrogens with one attached hydrogen (secondary N) is 1. The fourth-order valence-corrected chi connectivity index (χ4v) is 3.27. The number of hydrogen-bond donors (Lipinski definition) is 2. The van der Waals surface area contributed by atoms with E-state index in [9.17, 15) is 16.8 Å². The van der Waals surface area contributed by atoms with E-state index >= 15 is 0 Å². The zero-order valence-corrected chi connectivity index (χ0v) is 9.83. The summed E-state index contributed by atoms with van der Waals surface area (Å²) in [7, 11) is -8.03. The summed E-state index contributed by atoms with van der Waals surface area (Å²) < 4.78 is 54.1. The second kappa shape index (κ2) is 4.81. The molecule has 0 heterocycles. The molecule has 0 aliphatic heterocycles. The summed E-state index contributed by atoms with van der Waals surface area (Å²) in [5.41, 5.74) is 0.345. The molecular weight excluding hydrogens is 254 g/mol. The number of hydrogen-bond acceptors (Lipinski definition) is 4. The predicted molar refractivity (Wildman–Crippen MR) is 60.3 cm³/mol. The monoisotopic (exact) mass is 265 g/mol. The number of para-hydroxylation sites is 1. The van der Waals surface area contributed by atoms with Crippen LogP contribution in [0.25, 0.3) is 0 Å². The van der Waals surface area contributed by atoms with Gasteiger partial charge in [-0.05, 0) is 12.1 Å². The fraction of sp³-hybridized carbons (Fsp3) is 0.250. The maximum atomic E-state index is 11.4. The van der Waals surface area contributed by atoms with Crippen molar-refractivity contribution in [3.05, 3.63) is 30.3 Å². The Bertz CT molecular complexity index is 535. The zero-order chi connectivity index (χ0) is 12.2. The van der Waals surface area contributed by atoms with Gasteiger partial charge in [0, 0.05) is 5.69 Å². The molecule has 0 atom stereocenters. The van der Waals surface area contributed by atoms with Gasteiger partial charge in [0.1, 0.15) is 0 Å². The third-order valence-electron chi connectivity index (χ3n) is 1.66. The van der Waals surface area contributed by atoms with Crippen LogP contribution in [-0.4, -0.2) is 32.9 Å². The Kier molecular flexibility index (Phi) is 3.89. The average Bonchev–Trinajstić information content (AvgIpc) is 2.15. The first-order valence-corrected chi connectivity index (χ1v) is 7.55. The standard InChI is InChI=1S/C8H11NO5S2/c10-15(11,6-7-16(12,13)14)9-8-4-2-1-3-5-8/h1-5,9H,6-7H2,(H,12,13,14). The Labute approximate surface area is 94.1 Å². The molecule has 1 aromatic rings. The Morgan fingerprint density at radius 3 is 2.06 bits per heavy atom. The van der Waals surface area contributed by atoms with Gasteiger partial charge in [0.25, 0.3) is 10.1 Å². The van der Waals surface area contributed by atoms with Crippen LogP contribution in [0.2, 0.25) is 0 Å². The van der Waals surface area contributed by atoms with Gasteiger partial charge in [-0.15, -0.1) is 0 Å². The van der Waals surface area contributed by atoms with Crippen molar-refractivity contribution in [2.24, 2.45) is 0 Å². The molecule has 0 spiro atoms. The summed E-state index contributed by atoms with van der Waals surface area (Å²) in [5.74, 6) is -1.50. The Morgan fingerprint density at radius 2 is 1.56 bits per heavy atom. The van der Waals surface area contributed by atoms with Crippen LogP contribution in [0.15, 0.2) is 30.3 Å². The molecule has 0 aliphatic carbocycles. The van der Waals surface area contributed by atoms with Gasteiger partial charge in [-0.3, -0.25) is 9.27 Å². The van der Waals surface area contributed by atoms with Crippen molar-refractivity contribution in [3.8, 4) is 0 Å². The van der Waals surface area contributed by atoms with Gasteiger partial charge in [-0.1, -0.05) is 18.2 Å². The van der Waals surface area contributed by atoms with E-state index in [0.29, 0.717) is 5.69 Å². The number of benzene rings is 1. The molecule has 8 heteroatoms. The molecule has 0 aromatic heterocycles. The van der Waals surface area contributed by atoms with Crippen LogP contribution in [0.3, 0.4) is 0 Å². The molecule has 2 N–H and O–H groups in total. The lowest BCUT2D eigenvalue weighted by molar-refractivity contribution is 0.484. The molecule has 0 fully saturated rings. The molecule has 6 nitrogen and oxygen atoms in total. The largest absolute Gasteiger partial charge is 0.286 e. The Hall–Kier alpha value is -1.12. The van der Waals surface area contributed by atoms with Crippen LogP contribution in [0.1, 0.15) is 0 Å². The minimum absolute atomic E-state index is 0.345. The second-order valence-electron chi connectivity index (χ2n) is 3.07. The highest BCUT2D eigenvalue weighted by atomic mass is 32.2. The lowest BCUT2D eigenvalue weighted by atomic mass is 10.3. The van der Waals surface area contributed by atoms with E-state index in [1.54, 1.807) is 18.2 Å². The third kappa shape index (κ3) is 5.10. The zero-order valence-electron chi connectivity index (χ0n) is 8.20. The van der Waals surface area contributed by atoms with Crippen LogP contribution >= 0.6 is 0 Å². The molecule has 0 saturated heterocycles. The van der Waals surface area contributed by atoms with Crippen molar-refractivity contribution in [1.82, 2.24) is 0 Å². The van der Waals surface area contributed by atoms with E-state index in [-0.39, 0.29) is 0 Å². The highest BCUT2D eigenvalue weighted by molar-refractivity contribution is 7.94. The van der Waals surface area contributed by atoms with Gasteiger partial charge in [0.2, 0.25) is 10.0 Å². The number of anilines is 1. The van der Waals surface area contributed by atoms with Gasteiger partial charge in [-0.25, -0.2) is 8.42 Å². The Balaban J connectivity index is 2.67. The van der Waals surface area contributed by atoms with Gasteiger partial charge >= 0.3 is 0 Å². The summed E-state index contributed by atoms with van der Waals surface area (Å²) >= 11 is 0. The van der Waals surface area contributed by atoms with Gasteiger partial charge < -0.3 is 0 Å². The average molecular weight is 265 g/mol. The molecule has 0 saturated carbocycles. The van der Waals surface area contributed by atoms with E-state index in [4.69, 9.17) is 4.55 Å². The Morgan fingerprint density at radius 1 is 1.00 bits per heavy atom. The van der Waals surface area contributed by atoms with Crippen LogP contribution in [0, 0.1) is 0 Å². The molecule has 0 unspecified atom stereocenters. The molecule has 90 valence electrons. The maximum absolute atomic E-state index is 11.4. The van der Waals surface area contributed by atoms with Crippen molar-refractivity contribution < 1.29 is 21.4 Å². The first kappa shape index (κ1) is 12.9. The quantitative estimate of drug-likeness (QED) is 0.746. The minimum atomic E-state index is -4.27. The summed E-state index contributed by atoms with van der Waals surface area (Å²) in [6.45, 7) is 0. The molecule has 1 rings (SSSR count). The smallest absolute Gasteiger partial charge is 0.265 e. The molecule has 0 bridgehead atoms. The summed E-state index contributed by atoms with van der Waals surface area (Å²) in [4.78, 5) is 0. The van der Waals surface area contributed by atoms with Crippen LogP contribution in [0.4, 0.5) is 5.69 Å². The predicted octanol–water partition coefficient (Wildman–Crippen LogP) is 0.316. The first-order chi connectivity index (χ1) is 7.29. The summed E-state index contributed by atoms with van der Waals surface area (Å²) in [6.07, 6.45) is 0. The van der Waals surface area contributed by atoms with E-state index < -0.39 is 31.6 Å². The molecule has 0 aliphatic rings. The third-order valence-corrected chi connectivity index (χ3v) is 3.92. The second-order valence-corrected chi connectivity index (χ2v) is 6.49. The van der Waals surface area contributed by atoms with E-state index in [1.165, 1.54) is 12.1 Å². The fourth-order valence-electron chi connectivity index (χ4n) is 0.952. The van der Waals surface area contributed by atoms with Gasteiger partial charge in [-0.2, -0.15) is 8.42 Å². The van der Waals surface area contributed by atoms with E-state index in [0.717, 1.165) is 0 Å². The normalized spacial score (nSPS) is 12.3. The molecule has 1 aromatic carbocycles. The molecule has 0 amide bonds. The SMILES string of the molecule is O=S(=O)(O)CCS(=O)(=O)Nc1ccccc1. The van der Waals surface area contributed by atoms with Gasteiger partial charge in [0.15, 0.2) is 0 Å². The van der Waals surface area contributed by atoms with E-state index in [2.05, 4.69) is 4.72 Å². The highest BCUT2D eigenvalue weighted by Crippen LogP contribution is 2.07. The number of sulfonamides is 1. The molecular formula is C8H11NO5S2. The van der Waals surface area contributed by atoms with Crippen molar-refractivity contribution in [1.29, 1.82) is 0 Å². The first-order valence-electron chi connectivity index (χ1n) is 4.29. The van der Waals surface area contributed by atoms with Crippen LogP contribution in [-0.2, 0) is 20.1 Å². The van der Waals surface area contributed by atoms with Gasteiger partial charge in [0.05, 0.1) is 11.5 Å². The molecule has 0 radical (unpaired) electrons. The van der Waals surface area contributed by atoms with Crippen molar-refractivity contribution in [3.63, 3.8) is 0 Å². The topological polar surface area (TPSA) is 101 Å².